The smallest absolute Gasteiger partial charge is 0.219 e. The Morgan fingerprint density at radius 2 is 2.03 bits per heavy atom. The third kappa shape index (κ3) is 6.14. The number of hydrogen-bond acceptors (Lipinski definition) is 8. The Bertz CT molecular complexity index is 984. The number of likely N-dealkylation sites (tertiary alicyclic amines) is 1. The molecule has 4 heterocycles. The molecule has 1 saturated heterocycles. The van der Waals surface area contributed by atoms with Crippen LogP contribution in [0.1, 0.15) is 54.4 Å². The Balaban J connectivity index is 1.23. The lowest BCUT2D eigenvalue weighted by atomic mass is 10.0. The number of amides is 1. The Hall–Kier alpha value is -2.85. The highest BCUT2D eigenvalue weighted by Crippen LogP contribution is 2.19. The third-order valence-electron chi connectivity index (χ3n) is 6.48. The number of aliphatic hydroxyl groups excluding tert-OH is 1. The number of aromatic nitrogens is 4. The Morgan fingerprint density at radius 1 is 1.24 bits per heavy atom. The van der Waals surface area contributed by atoms with Crippen LogP contribution in [0.2, 0.25) is 0 Å². The summed E-state index contributed by atoms with van der Waals surface area (Å²) in [5.74, 6) is 0.624. The lowest BCUT2D eigenvalue weighted by Crippen LogP contribution is -2.41. The summed E-state index contributed by atoms with van der Waals surface area (Å²) in [6, 6.07) is 1.89. The average Bonchev–Trinajstić information content (AvgIpc) is 3.17. The van der Waals surface area contributed by atoms with Crippen molar-refractivity contribution in [3.8, 4) is 0 Å². The standard InChI is InChI=1S/C23H33N7O3/c1-16(31)30-9-6-18(7-10-30)26-23-11-20(24-15-25-23)22(33)4-3-19(32)13-29-8-5-17-12-28(2)27-21(17)14-29/h11-12,15,18-19,32H,3-10,13-14H2,1-2H3,(H,24,25,26)/t19-/m0/s1. The number of β-amino-alcohol motifs (C(OH)–C–C–N with tert-alkyl or cyclic N) is 1. The van der Waals surface area contributed by atoms with Crippen LogP contribution in [0.25, 0.3) is 0 Å². The Kier molecular flexibility index (Phi) is 7.34. The van der Waals surface area contributed by atoms with E-state index in [0.717, 1.165) is 51.1 Å². The van der Waals surface area contributed by atoms with E-state index in [1.807, 2.05) is 16.6 Å². The lowest BCUT2D eigenvalue weighted by Gasteiger charge is -2.31. The maximum atomic E-state index is 12.7. The van der Waals surface area contributed by atoms with E-state index in [2.05, 4.69) is 31.5 Å². The largest absolute Gasteiger partial charge is 0.392 e. The minimum absolute atomic E-state index is 0.100. The first-order chi connectivity index (χ1) is 15.9. The number of anilines is 1. The zero-order valence-corrected chi connectivity index (χ0v) is 19.4. The van der Waals surface area contributed by atoms with Crippen LogP contribution in [-0.4, -0.2) is 84.7 Å². The Labute approximate surface area is 194 Å². The number of carbonyl (C=O) groups excluding carboxylic acids is 2. The highest BCUT2D eigenvalue weighted by molar-refractivity contribution is 5.94. The van der Waals surface area contributed by atoms with Gasteiger partial charge in [0.05, 0.1) is 11.8 Å². The van der Waals surface area contributed by atoms with Gasteiger partial charge in [-0.05, 0) is 31.2 Å². The summed E-state index contributed by atoms with van der Waals surface area (Å²) in [6.07, 6.45) is 6.11. The summed E-state index contributed by atoms with van der Waals surface area (Å²) in [6.45, 7) is 5.18. The predicted octanol–water partition coefficient (Wildman–Crippen LogP) is 1.02. The molecule has 10 nitrogen and oxygen atoms in total. The van der Waals surface area contributed by atoms with Gasteiger partial charge in [0.1, 0.15) is 17.8 Å². The normalized spacial score (nSPS) is 18.1. The van der Waals surface area contributed by atoms with E-state index in [-0.39, 0.29) is 24.2 Å². The number of fused-ring (bicyclic) bond motifs is 1. The third-order valence-corrected chi connectivity index (χ3v) is 6.48. The number of hydrogen-bond donors (Lipinski definition) is 2. The van der Waals surface area contributed by atoms with Crippen molar-refractivity contribution in [2.45, 2.75) is 57.7 Å². The van der Waals surface area contributed by atoms with E-state index in [1.54, 1.807) is 13.0 Å². The number of aliphatic hydroxyl groups is 1. The van der Waals surface area contributed by atoms with Crippen LogP contribution in [-0.2, 0) is 24.8 Å². The number of piperidine rings is 1. The summed E-state index contributed by atoms with van der Waals surface area (Å²) in [4.78, 5) is 36.6. The van der Waals surface area contributed by atoms with Gasteiger partial charge in [-0.25, -0.2) is 9.97 Å². The van der Waals surface area contributed by atoms with Crippen LogP contribution in [0.4, 0.5) is 5.82 Å². The van der Waals surface area contributed by atoms with Crippen molar-refractivity contribution in [3.63, 3.8) is 0 Å². The molecule has 0 spiro atoms. The average molecular weight is 456 g/mol. The molecule has 2 aromatic rings. The van der Waals surface area contributed by atoms with Gasteiger partial charge in [0, 0.05) is 71.4 Å². The Morgan fingerprint density at radius 3 is 2.79 bits per heavy atom. The van der Waals surface area contributed by atoms with Crippen LogP contribution in [0.15, 0.2) is 18.6 Å². The molecule has 10 heteroatoms. The van der Waals surface area contributed by atoms with E-state index >= 15 is 0 Å². The molecule has 4 rings (SSSR count). The molecule has 2 aliphatic heterocycles. The van der Waals surface area contributed by atoms with Crippen molar-refractivity contribution in [2.24, 2.45) is 7.05 Å². The van der Waals surface area contributed by atoms with E-state index in [4.69, 9.17) is 0 Å². The number of carbonyl (C=O) groups is 2. The quantitative estimate of drug-likeness (QED) is 0.567. The highest BCUT2D eigenvalue weighted by Gasteiger charge is 2.23. The van der Waals surface area contributed by atoms with Gasteiger partial charge in [0.2, 0.25) is 5.91 Å². The van der Waals surface area contributed by atoms with Crippen molar-refractivity contribution >= 4 is 17.5 Å². The first-order valence-corrected chi connectivity index (χ1v) is 11.7. The zero-order chi connectivity index (χ0) is 23.4. The van der Waals surface area contributed by atoms with Crippen molar-refractivity contribution in [1.29, 1.82) is 0 Å². The van der Waals surface area contributed by atoms with Crippen molar-refractivity contribution in [1.82, 2.24) is 29.5 Å². The topological polar surface area (TPSA) is 116 Å². The van der Waals surface area contributed by atoms with E-state index in [0.29, 0.717) is 24.5 Å². The number of Topliss-reactive ketones (excluding diaryl/α,β-unsaturated/α-hetero) is 1. The van der Waals surface area contributed by atoms with Gasteiger partial charge >= 0.3 is 0 Å². The molecule has 1 fully saturated rings. The molecule has 1 atom stereocenters. The van der Waals surface area contributed by atoms with Gasteiger partial charge in [-0.15, -0.1) is 0 Å². The summed E-state index contributed by atoms with van der Waals surface area (Å²) < 4.78 is 1.84. The van der Waals surface area contributed by atoms with Crippen molar-refractivity contribution < 1.29 is 14.7 Å². The van der Waals surface area contributed by atoms with Crippen LogP contribution in [0.5, 0.6) is 0 Å². The highest BCUT2D eigenvalue weighted by atomic mass is 16.3. The monoisotopic (exact) mass is 455 g/mol. The minimum atomic E-state index is -0.579. The first-order valence-electron chi connectivity index (χ1n) is 11.7. The fourth-order valence-electron chi connectivity index (χ4n) is 4.60. The molecule has 33 heavy (non-hydrogen) atoms. The molecular formula is C23H33N7O3. The van der Waals surface area contributed by atoms with Gasteiger partial charge in [-0.1, -0.05) is 0 Å². The molecule has 0 bridgehead atoms. The number of nitrogens with zero attached hydrogens (tertiary/aromatic N) is 6. The van der Waals surface area contributed by atoms with E-state index in [9.17, 15) is 14.7 Å². The van der Waals surface area contributed by atoms with Gasteiger partial charge in [0.15, 0.2) is 5.78 Å². The number of ketones is 1. The summed E-state index contributed by atoms with van der Waals surface area (Å²) in [5, 5.41) is 18.3. The second kappa shape index (κ2) is 10.4. The molecule has 1 amide bonds. The van der Waals surface area contributed by atoms with Crippen LogP contribution >= 0.6 is 0 Å². The van der Waals surface area contributed by atoms with Gasteiger partial charge in [-0.2, -0.15) is 5.10 Å². The van der Waals surface area contributed by atoms with E-state index in [1.165, 1.54) is 11.9 Å². The molecule has 2 aromatic heterocycles. The first kappa shape index (κ1) is 23.3. The minimum Gasteiger partial charge on any atom is -0.392 e. The lowest BCUT2D eigenvalue weighted by molar-refractivity contribution is -0.129. The van der Waals surface area contributed by atoms with Gasteiger partial charge < -0.3 is 15.3 Å². The molecule has 0 radical (unpaired) electrons. The van der Waals surface area contributed by atoms with Crippen LogP contribution < -0.4 is 5.32 Å². The summed E-state index contributed by atoms with van der Waals surface area (Å²) in [5.41, 5.74) is 2.70. The number of nitrogens with one attached hydrogen (secondary N) is 1. The number of rotatable bonds is 8. The molecule has 0 saturated carbocycles. The molecular weight excluding hydrogens is 422 g/mol. The fourth-order valence-corrected chi connectivity index (χ4v) is 4.60. The maximum Gasteiger partial charge on any atom is 0.219 e. The SMILES string of the molecule is CC(=O)N1CCC(Nc2cc(C(=O)CC[C@H](O)CN3CCc4cn(C)nc4C3)ncn2)CC1. The molecule has 178 valence electrons. The molecule has 2 aliphatic rings. The van der Waals surface area contributed by atoms with Gasteiger partial charge in [0.25, 0.3) is 0 Å². The van der Waals surface area contributed by atoms with Crippen molar-refractivity contribution in [3.05, 3.63) is 35.5 Å². The molecule has 2 N–H and O–H groups in total. The molecule has 0 aliphatic carbocycles. The molecule has 0 unspecified atom stereocenters. The fraction of sp³-hybridized carbons (Fsp3) is 0.609. The van der Waals surface area contributed by atoms with Gasteiger partial charge in [-0.3, -0.25) is 19.2 Å². The van der Waals surface area contributed by atoms with Crippen LogP contribution in [0, 0.1) is 0 Å². The van der Waals surface area contributed by atoms with E-state index < -0.39 is 6.10 Å². The summed E-state index contributed by atoms with van der Waals surface area (Å²) >= 11 is 0. The predicted molar refractivity (Wildman–Crippen MR) is 123 cm³/mol. The second-order valence-corrected chi connectivity index (χ2v) is 9.09. The second-order valence-electron chi connectivity index (χ2n) is 9.09. The number of aryl methyl sites for hydroxylation is 1. The van der Waals surface area contributed by atoms with Crippen LogP contribution in [0.3, 0.4) is 0 Å². The van der Waals surface area contributed by atoms with Crippen molar-refractivity contribution in [2.75, 3.05) is 31.5 Å². The maximum absolute atomic E-state index is 12.7. The molecule has 0 aromatic carbocycles. The zero-order valence-electron chi connectivity index (χ0n) is 19.4. The summed E-state index contributed by atoms with van der Waals surface area (Å²) in [7, 11) is 1.92.